The molecule has 4 nitrogen and oxygen atoms in total. The summed E-state index contributed by atoms with van der Waals surface area (Å²) in [4.78, 5) is 0. The predicted molar refractivity (Wildman–Crippen MR) is 55.0 cm³/mol. The number of rotatable bonds is 3. The van der Waals surface area contributed by atoms with E-state index in [2.05, 4.69) is 6.07 Å². The SMILES string of the molecule is CCn1c(C#N)cc(N)c1OC(C)C. The van der Waals surface area contributed by atoms with Crippen molar-refractivity contribution in [3.8, 4) is 11.9 Å². The standard InChI is InChI=1S/C10H15N3O/c1-4-13-8(6-11)5-9(12)10(13)14-7(2)3/h5,7H,4,12H2,1-3H3. The second kappa shape index (κ2) is 4.05. The fraction of sp³-hybridized carbons (Fsp3) is 0.500. The highest BCUT2D eigenvalue weighted by Gasteiger charge is 2.13. The van der Waals surface area contributed by atoms with E-state index in [0.29, 0.717) is 23.8 Å². The average Bonchev–Trinajstić information content (AvgIpc) is 2.42. The van der Waals surface area contributed by atoms with Crippen LogP contribution in [0.3, 0.4) is 0 Å². The smallest absolute Gasteiger partial charge is 0.218 e. The van der Waals surface area contributed by atoms with Gasteiger partial charge >= 0.3 is 0 Å². The van der Waals surface area contributed by atoms with Gasteiger partial charge in [-0.2, -0.15) is 5.26 Å². The summed E-state index contributed by atoms with van der Waals surface area (Å²) >= 11 is 0. The summed E-state index contributed by atoms with van der Waals surface area (Å²) in [5, 5.41) is 8.84. The number of nitriles is 1. The molecular weight excluding hydrogens is 178 g/mol. The Morgan fingerprint density at radius 3 is 2.71 bits per heavy atom. The summed E-state index contributed by atoms with van der Waals surface area (Å²) in [5.74, 6) is 0.596. The molecule has 0 radical (unpaired) electrons. The van der Waals surface area contributed by atoms with Crippen molar-refractivity contribution in [1.29, 1.82) is 5.26 Å². The number of aromatic nitrogens is 1. The molecule has 0 spiro atoms. The van der Waals surface area contributed by atoms with Crippen molar-refractivity contribution in [3.05, 3.63) is 11.8 Å². The fourth-order valence-corrected chi connectivity index (χ4v) is 1.31. The normalized spacial score (nSPS) is 10.2. The number of ether oxygens (including phenoxy) is 1. The van der Waals surface area contributed by atoms with Gasteiger partial charge in [-0.1, -0.05) is 0 Å². The van der Waals surface area contributed by atoms with Crippen molar-refractivity contribution in [3.63, 3.8) is 0 Å². The molecule has 14 heavy (non-hydrogen) atoms. The van der Waals surface area contributed by atoms with E-state index in [1.165, 1.54) is 0 Å². The van der Waals surface area contributed by atoms with E-state index >= 15 is 0 Å². The van der Waals surface area contributed by atoms with E-state index in [4.69, 9.17) is 15.7 Å². The largest absolute Gasteiger partial charge is 0.475 e. The van der Waals surface area contributed by atoms with Gasteiger partial charge in [-0.05, 0) is 20.8 Å². The van der Waals surface area contributed by atoms with Crippen LogP contribution in [-0.4, -0.2) is 10.7 Å². The van der Waals surface area contributed by atoms with Gasteiger partial charge in [-0.25, -0.2) is 0 Å². The summed E-state index contributed by atoms with van der Waals surface area (Å²) in [6.07, 6.45) is 0.0593. The molecule has 1 heterocycles. The van der Waals surface area contributed by atoms with E-state index in [1.807, 2.05) is 20.8 Å². The highest BCUT2D eigenvalue weighted by atomic mass is 16.5. The molecule has 1 aromatic rings. The second-order valence-electron chi connectivity index (χ2n) is 3.31. The first-order chi connectivity index (χ1) is 6.60. The van der Waals surface area contributed by atoms with Crippen LogP contribution in [0.2, 0.25) is 0 Å². The summed E-state index contributed by atoms with van der Waals surface area (Å²) in [6, 6.07) is 3.72. The molecular formula is C10H15N3O. The van der Waals surface area contributed by atoms with Gasteiger partial charge in [0.2, 0.25) is 5.88 Å². The first-order valence-corrected chi connectivity index (χ1v) is 4.65. The van der Waals surface area contributed by atoms with Crippen molar-refractivity contribution < 1.29 is 4.74 Å². The molecule has 0 saturated carbocycles. The number of anilines is 1. The van der Waals surface area contributed by atoms with Gasteiger partial charge in [0, 0.05) is 12.6 Å². The van der Waals surface area contributed by atoms with E-state index < -0.39 is 0 Å². The molecule has 0 atom stereocenters. The molecule has 0 aliphatic rings. The van der Waals surface area contributed by atoms with Gasteiger partial charge < -0.3 is 15.0 Å². The summed E-state index contributed by atoms with van der Waals surface area (Å²) < 4.78 is 7.31. The molecule has 1 rings (SSSR count). The minimum Gasteiger partial charge on any atom is -0.475 e. The van der Waals surface area contributed by atoms with Gasteiger partial charge in [0.05, 0.1) is 11.8 Å². The van der Waals surface area contributed by atoms with Crippen molar-refractivity contribution in [1.82, 2.24) is 4.57 Å². The van der Waals surface area contributed by atoms with Gasteiger partial charge in [0.25, 0.3) is 0 Å². The average molecular weight is 193 g/mol. The molecule has 0 amide bonds. The molecule has 0 aliphatic carbocycles. The lowest BCUT2D eigenvalue weighted by atomic mass is 10.4. The number of nitrogens with zero attached hydrogens (tertiary/aromatic N) is 2. The summed E-state index contributed by atoms with van der Waals surface area (Å²) in [7, 11) is 0. The lowest BCUT2D eigenvalue weighted by Crippen LogP contribution is -2.11. The highest BCUT2D eigenvalue weighted by molar-refractivity contribution is 5.55. The maximum absolute atomic E-state index is 8.84. The molecule has 0 fully saturated rings. The first-order valence-electron chi connectivity index (χ1n) is 4.65. The van der Waals surface area contributed by atoms with Crippen molar-refractivity contribution in [2.75, 3.05) is 5.73 Å². The van der Waals surface area contributed by atoms with Crippen LogP contribution in [0.1, 0.15) is 26.5 Å². The maximum Gasteiger partial charge on any atom is 0.218 e. The van der Waals surface area contributed by atoms with E-state index in [1.54, 1.807) is 10.6 Å². The molecule has 2 N–H and O–H groups in total. The predicted octanol–water partition coefficient (Wildman–Crippen LogP) is 1.75. The Bertz CT molecular complexity index is 360. The molecule has 1 aromatic heterocycles. The fourth-order valence-electron chi connectivity index (χ4n) is 1.31. The van der Waals surface area contributed by atoms with E-state index in [9.17, 15) is 0 Å². The third-order valence-electron chi connectivity index (χ3n) is 1.85. The van der Waals surface area contributed by atoms with Crippen molar-refractivity contribution in [2.24, 2.45) is 0 Å². The van der Waals surface area contributed by atoms with Crippen LogP contribution in [-0.2, 0) is 6.54 Å². The lowest BCUT2D eigenvalue weighted by Gasteiger charge is -2.13. The molecule has 76 valence electrons. The minimum absolute atomic E-state index is 0.0593. The van der Waals surface area contributed by atoms with E-state index in [0.717, 1.165) is 0 Å². The Labute approximate surface area is 83.9 Å². The summed E-state index contributed by atoms with van der Waals surface area (Å²) in [5.41, 5.74) is 6.81. The Hall–Kier alpha value is -1.63. The third-order valence-corrected chi connectivity index (χ3v) is 1.85. The van der Waals surface area contributed by atoms with Crippen molar-refractivity contribution in [2.45, 2.75) is 33.4 Å². The van der Waals surface area contributed by atoms with Crippen LogP contribution < -0.4 is 10.5 Å². The Morgan fingerprint density at radius 1 is 1.64 bits per heavy atom. The molecule has 0 unspecified atom stereocenters. The molecule has 4 heteroatoms. The minimum atomic E-state index is 0.0593. The maximum atomic E-state index is 8.84. The topological polar surface area (TPSA) is 64.0 Å². The number of hydrogen-bond acceptors (Lipinski definition) is 3. The molecule has 0 saturated heterocycles. The number of nitrogen functional groups attached to an aromatic ring is 1. The van der Waals surface area contributed by atoms with Crippen molar-refractivity contribution >= 4 is 5.69 Å². The van der Waals surface area contributed by atoms with Gasteiger partial charge in [-0.3, -0.25) is 0 Å². The molecule has 0 aromatic carbocycles. The Morgan fingerprint density at radius 2 is 2.29 bits per heavy atom. The Kier molecular flexibility index (Phi) is 3.03. The quantitative estimate of drug-likeness (QED) is 0.795. The van der Waals surface area contributed by atoms with E-state index in [-0.39, 0.29) is 6.10 Å². The van der Waals surface area contributed by atoms with Crippen LogP contribution in [0.25, 0.3) is 0 Å². The molecule has 0 aliphatic heterocycles. The van der Waals surface area contributed by atoms with Crippen LogP contribution in [0.5, 0.6) is 5.88 Å². The number of hydrogen-bond donors (Lipinski definition) is 1. The summed E-state index contributed by atoms with van der Waals surface area (Å²) in [6.45, 7) is 6.49. The Balaban J connectivity index is 3.14. The zero-order valence-electron chi connectivity index (χ0n) is 8.74. The van der Waals surface area contributed by atoms with Crippen LogP contribution in [0.15, 0.2) is 6.07 Å². The number of nitrogens with two attached hydrogens (primary N) is 1. The zero-order chi connectivity index (χ0) is 10.7. The first kappa shape index (κ1) is 10.5. The highest BCUT2D eigenvalue weighted by Crippen LogP contribution is 2.27. The van der Waals surface area contributed by atoms with Crippen LogP contribution in [0.4, 0.5) is 5.69 Å². The van der Waals surface area contributed by atoms with Gasteiger partial charge in [-0.15, -0.1) is 0 Å². The molecule has 0 bridgehead atoms. The van der Waals surface area contributed by atoms with Gasteiger partial charge in [0.15, 0.2) is 0 Å². The zero-order valence-corrected chi connectivity index (χ0v) is 8.74. The monoisotopic (exact) mass is 193 g/mol. The third kappa shape index (κ3) is 1.82. The van der Waals surface area contributed by atoms with Crippen LogP contribution in [0, 0.1) is 11.3 Å². The lowest BCUT2D eigenvalue weighted by molar-refractivity contribution is 0.224. The second-order valence-corrected chi connectivity index (χ2v) is 3.31. The van der Waals surface area contributed by atoms with Crippen LogP contribution >= 0.6 is 0 Å². The van der Waals surface area contributed by atoms with Gasteiger partial charge in [0.1, 0.15) is 11.8 Å².